The van der Waals surface area contributed by atoms with E-state index in [0.717, 1.165) is 0 Å². The highest BCUT2D eigenvalue weighted by atomic mass is 16.4. The van der Waals surface area contributed by atoms with Gasteiger partial charge in [0.05, 0.1) is 19.2 Å². The molecule has 0 unspecified atom stereocenters. The number of aliphatic hydroxyl groups excluding tert-OH is 1. The van der Waals surface area contributed by atoms with Crippen LogP contribution in [-0.4, -0.2) is 160 Å². The van der Waals surface area contributed by atoms with E-state index in [1.165, 1.54) is 14.7 Å². The molecule has 2 aromatic rings. The summed E-state index contributed by atoms with van der Waals surface area (Å²) >= 11 is 0. The van der Waals surface area contributed by atoms with E-state index >= 15 is 0 Å². The Morgan fingerprint density at radius 3 is 1.78 bits per heavy atom. The Kier molecular flexibility index (Phi) is 18.2. The monoisotopic (exact) mass is 903 g/mol. The van der Waals surface area contributed by atoms with E-state index in [-0.39, 0.29) is 50.1 Å². The molecule has 0 radical (unpaired) electrons. The van der Waals surface area contributed by atoms with Crippen LogP contribution in [0.5, 0.6) is 0 Å². The van der Waals surface area contributed by atoms with Crippen LogP contribution in [0.15, 0.2) is 65.7 Å². The number of hydrogen-bond donors (Lipinski definition) is 9. The number of rotatable bonds is 21. The molecule has 0 spiro atoms. The number of aliphatic imine (C=N–C) groups is 1. The molecule has 7 atom stereocenters. The molecular weight excluding hydrogens is 843 g/mol. The minimum absolute atomic E-state index is 0.0128. The maximum absolute atomic E-state index is 13.8. The van der Waals surface area contributed by atoms with Crippen molar-refractivity contribution < 1.29 is 48.6 Å². The van der Waals surface area contributed by atoms with E-state index in [0.29, 0.717) is 69.2 Å². The van der Waals surface area contributed by atoms with Crippen molar-refractivity contribution in [1.82, 2.24) is 36.0 Å². The van der Waals surface area contributed by atoms with Gasteiger partial charge in [0.25, 0.3) is 0 Å². The fraction of sp³-hybridized carbons (Fsp3) is 0.523. The second-order valence-corrected chi connectivity index (χ2v) is 16.5. The summed E-state index contributed by atoms with van der Waals surface area (Å²) < 4.78 is 0. The lowest BCUT2D eigenvalue weighted by Crippen LogP contribution is -2.59. The van der Waals surface area contributed by atoms with Gasteiger partial charge in [-0.3, -0.25) is 38.6 Å². The number of nitrogens with zero attached hydrogens (tertiary/aromatic N) is 4. The molecule has 0 aliphatic carbocycles. The third kappa shape index (κ3) is 13.7. The Hall–Kier alpha value is -6.61. The lowest BCUT2D eigenvalue weighted by atomic mass is 10.0. The number of hydrogen-bond acceptors (Lipinski definition) is 11. The van der Waals surface area contributed by atoms with Gasteiger partial charge in [0.15, 0.2) is 5.96 Å². The predicted octanol–water partition coefficient (Wildman–Crippen LogP) is -2.53. The van der Waals surface area contributed by atoms with Crippen molar-refractivity contribution in [3.8, 4) is 0 Å². The van der Waals surface area contributed by atoms with Gasteiger partial charge in [0, 0.05) is 39.0 Å². The highest BCUT2D eigenvalue weighted by Gasteiger charge is 2.43. The average Bonchev–Trinajstić information content (AvgIpc) is 4.11. The number of benzene rings is 2. The zero-order valence-corrected chi connectivity index (χ0v) is 36.3. The number of carboxylic acids is 1. The summed E-state index contributed by atoms with van der Waals surface area (Å²) in [5.41, 5.74) is 18.2. The number of aliphatic carboxylic acids is 1. The van der Waals surface area contributed by atoms with Crippen LogP contribution in [0, 0.1) is 0 Å². The van der Waals surface area contributed by atoms with Crippen LogP contribution < -0.4 is 38.5 Å². The van der Waals surface area contributed by atoms with E-state index in [2.05, 4.69) is 26.3 Å². The lowest BCUT2D eigenvalue weighted by molar-refractivity contribution is -0.147. The van der Waals surface area contributed by atoms with Gasteiger partial charge >= 0.3 is 5.97 Å². The van der Waals surface area contributed by atoms with Crippen LogP contribution in [0.1, 0.15) is 62.5 Å². The van der Waals surface area contributed by atoms with Gasteiger partial charge in [0.2, 0.25) is 41.4 Å². The summed E-state index contributed by atoms with van der Waals surface area (Å²) in [4.78, 5) is 115. The number of carbonyl (C=O) groups is 8. The topological polar surface area (TPSA) is 325 Å². The van der Waals surface area contributed by atoms with Crippen molar-refractivity contribution in [2.24, 2.45) is 22.2 Å². The third-order valence-electron chi connectivity index (χ3n) is 11.8. The Balaban J connectivity index is 1.18. The van der Waals surface area contributed by atoms with Crippen LogP contribution in [0.2, 0.25) is 0 Å². The zero-order valence-electron chi connectivity index (χ0n) is 36.3. The molecule has 3 saturated heterocycles. The molecule has 0 saturated carbocycles. The van der Waals surface area contributed by atoms with Crippen molar-refractivity contribution in [3.05, 3.63) is 71.8 Å². The number of amides is 7. The zero-order chi connectivity index (χ0) is 47.0. The van der Waals surface area contributed by atoms with Gasteiger partial charge in [-0.15, -0.1) is 0 Å². The van der Waals surface area contributed by atoms with Gasteiger partial charge in [-0.2, -0.15) is 0 Å². The van der Waals surface area contributed by atoms with E-state index in [1.807, 2.05) is 0 Å². The Labute approximate surface area is 376 Å². The number of nitrogens with two attached hydrogens (primary N) is 3. The minimum atomic E-state index is -1.52. The summed E-state index contributed by atoms with van der Waals surface area (Å²) in [7, 11) is 0. The van der Waals surface area contributed by atoms with Crippen LogP contribution in [0.25, 0.3) is 0 Å². The molecule has 21 nitrogen and oxygen atoms in total. The molecule has 2 aromatic carbocycles. The highest BCUT2D eigenvalue weighted by Crippen LogP contribution is 2.26. The van der Waals surface area contributed by atoms with Crippen molar-refractivity contribution in [3.63, 3.8) is 0 Å². The summed E-state index contributed by atoms with van der Waals surface area (Å²) in [6, 6.07) is 9.74. The first-order chi connectivity index (χ1) is 31.2. The molecule has 3 heterocycles. The van der Waals surface area contributed by atoms with Crippen molar-refractivity contribution in [2.45, 2.75) is 107 Å². The van der Waals surface area contributed by atoms with Crippen LogP contribution >= 0.6 is 0 Å². The molecule has 3 aliphatic rings. The van der Waals surface area contributed by atoms with Gasteiger partial charge < -0.3 is 63.4 Å². The third-order valence-corrected chi connectivity index (χ3v) is 11.8. The fourth-order valence-electron chi connectivity index (χ4n) is 8.51. The number of aliphatic hydroxyl groups is 1. The quantitative estimate of drug-likeness (QED) is 0.0355. The smallest absolute Gasteiger partial charge is 0.326 e. The molecule has 3 aliphatic heterocycles. The molecule has 0 bridgehead atoms. The Bertz CT molecular complexity index is 2040. The molecule has 0 aromatic heterocycles. The Morgan fingerprint density at radius 2 is 1.22 bits per heavy atom. The van der Waals surface area contributed by atoms with Gasteiger partial charge in [0.1, 0.15) is 36.3 Å². The van der Waals surface area contributed by atoms with E-state index in [4.69, 9.17) is 17.2 Å². The normalized spacial score (nSPS) is 19.9. The van der Waals surface area contributed by atoms with Gasteiger partial charge in [-0.05, 0) is 62.5 Å². The second kappa shape index (κ2) is 23.9. The fourth-order valence-corrected chi connectivity index (χ4v) is 8.51. The Morgan fingerprint density at radius 1 is 0.677 bits per heavy atom. The second-order valence-electron chi connectivity index (χ2n) is 16.5. The number of carbonyl (C=O) groups excluding carboxylic acids is 7. The summed E-state index contributed by atoms with van der Waals surface area (Å²) in [6.07, 6.45) is 3.23. The first-order valence-corrected chi connectivity index (χ1v) is 22.0. The standard InChI is InChI=1S/C44H61N11O10/c45-29(15-7-19-48-44(46)47)40(61)55-22-10-18-35(55)42(63)54-21-8-16-33(54)38(59)49-25-36(57)50-30(23-27-11-3-1-4-12-27)37(58)52-32(26-56)41(62)53-20-9-17-34(53)39(60)51-31(43(64)65)24-28-13-5-2-6-14-28/h1-6,11-14,29-35,56H,7-10,15-26,45H2,(H,49,59)(H,50,57)(H,51,60)(H,52,58)(H,64,65)(H4,46,47,48)/t29-,30-,31-,32-,33-,34-,35-/m0/s1. The summed E-state index contributed by atoms with van der Waals surface area (Å²) in [6.45, 7) is -0.378. The van der Waals surface area contributed by atoms with Gasteiger partial charge in [-0.1, -0.05) is 60.7 Å². The summed E-state index contributed by atoms with van der Waals surface area (Å²) in [5, 5.41) is 30.4. The van der Waals surface area contributed by atoms with Crippen molar-refractivity contribution in [2.75, 3.05) is 39.3 Å². The molecular formula is C44H61N11O10. The van der Waals surface area contributed by atoms with Crippen LogP contribution in [-0.2, 0) is 51.2 Å². The molecule has 3 fully saturated rings. The van der Waals surface area contributed by atoms with E-state index in [9.17, 15) is 48.6 Å². The number of likely N-dealkylation sites (tertiary alicyclic amines) is 3. The number of carboxylic acid groups (broad SMARTS) is 1. The molecule has 65 heavy (non-hydrogen) atoms. The number of guanidine groups is 1. The molecule has 21 heteroatoms. The maximum Gasteiger partial charge on any atom is 0.326 e. The molecule has 12 N–H and O–H groups in total. The molecule has 7 amide bonds. The van der Waals surface area contributed by atoms with Crippen LogP contribution in [0.3, 0.4) is 0 Å². The first-order valence-electron chi connectivity index (χ1n) is 22.0. The lowest BCUT2D eigenvalue weighted by Gasteiger charge is -2.32. The summed E-state index contributed by atoms with van der Waals surface area (Å²) in [5.74, 6) is -5.70. The SMILES string of the molecule is NC(N)=NCCC[C@H](N)C(=O)N1CCC[C@H]1C(=O)N1CCC[C@H]1C(=O)NCC(=O)N[C@@H](Cc1ccccc1)C(=O)N[C@@H](CO)C(=O)N1CCC[C@H]1C(=O)N[C@@H](Cc1ccccc1)C(=O)O. The predicted molar refractivity (Wildman–Crippen MR) is 236 cm³/mol. The highest BCUT2D eigenvalue weighted by molar-refractivity contribution is 5.97. The maximum atomic E-state index is 13.8. The number of nitrogens with one attached hydrogen (secondary N) is 4. The largest absolute Gasteiger partial charge is 0.480 e. The molecule has 5 rings (SSSR count). The van der Waals surface area contributed by atoms with E-state index in [1.54, 1.807) is 60.7 Å². The molecule has 352 valence electrons. The average molecular weight is 904 g/mol. The van der Waals surface area contributed by atoms with Crippen molar-refractivity contribution >= 4 is 53.3 Å². The van der Waals surface area contributed by atoms with E-state index < -0.39 is 90.9 Å². The minimum Gasteiger partial charge on any atom is -0.480 e. The van der Waals surface area contributed by atoms with Gasteiger partial charge in [-0.25, -0.2) is 4.79 Å². The first kappa shape index (κ1) is 49.4. The van der Waals surface area contributed by atoms with Crippen LogP contribution in [0.4, 0.5) is 0 Å². The van der Waals surface area contributed by atoms with Crippen molar-refractivity contribution in [1.29, 1.82) is 0 Å².